The molecular weight excluding hydrogens is 358 g/mol. The van der Waals surface area contributed by atoms with Gasteiger partial charge in [-0.2, -0.15) is 0 Å². The van der Waals surface area contributed by atoms with Crippen LogP contribution in [-0.2, 0) is 6.54 Å². The highest BCUT2D eigenvalue weighted by molar-refractivity contribution is 9.11. The number of nitrogens with one attached hydrogen (secondary N) is 1. The van der Waals surface area contributed by atoms with Gasteiger partial charge in [-0.25, -0.2) is 9.59 Å². The Morgan fingerprint density at radius 3 is 2.81 bits per heavy atom. The van der Waals surface area contributed by atoms with Crippen LogP contribution in [-0.4, -0.2) is 34.0 Å². The van der Waals surface area contributed by atoms with Gasteiger partial charge in [-0.1, -0.05) is 0 Å². The molecule has 0 radical (unpaired) electrons. The molecule has 110 valence electrons. The predicted octanol–water partition coefficient (Wildman–Crippen LogP) is 3.27. The van der Waals surface area contributed by atoms with Crippen molar-refractivity contribution in [3.05, 3.63) is 44.8 Å². The van der Waals surface area contributed by atoms with Crippen LogP contribution in [0.15, 0.2) is 33.7 Å². The summed E-state index contributed by atoms with van der Waals surface area (Å²) in [6, 6.07) is 2.98. The zero-order valence-electron chi connectivity index (χ0n) is 11.0. The molecular formula is C13H12BrN3O3S. The Balaban J connectivity index is 2.00. The lowest BCUT2D eigenvalue weighted by Gasteiger charge is -2.17. The number of aromatic carboxylic acids is 1. The average molecular weight is 370 g/mol. The summed E-state index contributed by atoms with van der Waals surface area (Å²) in [6.45, 7) is 0.458. The Morgan fingerprint density at radius 1 is 1.43 bits per heavy atom. The molecule has 0 fully saturated rings. The van der Waals surface area contributed by atoms with E-state index in [1.165, 1.54) is 23.4 Å². The highest BCUT2D eigenvalue weighted by atomic mass is 79.9. The SMILES string of the molecule is CN(Cc1csc(Br)c1)C(=O)Nc1cncc(C(=O)O)c1. The van der Waals surface area contributed by atoms with Crippen LogP contribution >= 0.6 is 27.3 Å². The number of hydrogen-bond donors (Lipinski definition) is 2. The van der Waals surface area contributed by atoms with Crippen LogP contribution in [0, 0.1) is 0 Å². The van der Waals surface area contributed by atoms with Crippen LogP contribution in [0.3, 0.4) is 0 Å². The van der Waals surface area contributed by atoms with Crippen molar-refractivity contribution in [3.8, 4) is 0 Å². The minimum Gasteiger partial charge on any atom is -0.478 e. The molecule has 0 unspecified atom stereocenters. The second-order valence-electron chi connectivity index (χ2n) is 4.31. The third-order valence-corrected chi connectivity index (χ3v) is 4.18. The van der Waals surface area contributed by atoms with Crippen LogP contribution < -0.4 is 5.32 Å². The van der Waals surface area contributed by atoms with Crippen molar-refractivity contribution in [1.29, 1.82) is 0 Å². The normalized spacial score (nSPS) is 10.2. The molecule has 6 nitrogen and oxygen atoms in total. The van der Waals surface area contributed by atoms with Gasteiger partial charge in [-0.15, -0.1) is 11.3 Å². The van der Waals surface area contributed by atoms with Gasteiger partial charge in [0.2, 0.25) is 0 Å². The van der Waals surface area contributed by atoms with Gasteiger partial charge in [0, 0.05) is 19.8 Å². The van der Waals surface area contributed by atoms with Crippen LogP contribution in [0.4, 0.5) is 10.5 Å². The number of carbonyl (C=O) groups excluding carboxylic acids is 1. The number of aromatic nitrogens is 1. The number of nitrogens with zero attached hydrogens (tertiary/aromatic N) is 2. The molecule has 2 amide bonds. The number of carboxylic acids is 1. The van der Waals surface area contributed by atoms with Crippen LogP contribution in [0.1, 0.15) is 15.9 Å². The number of amides is 2. The quantitative estimate of drug-likeness (QED) is 0.866. The molecule has 2 aromatic rings. The molecule has 21 heavy (non-hydrogen) atoms. The van der Waals surface area contributed by atoms with Crippen molar-refractivity contribution >= 4 is 45.0 Å². The molecule has 0 aliphatic rings. The fraction of sp³-hybridized carbons (Fsp3) is 0.154. The number of urea groups is 1. The lowest BCUT2D eigenvalue weighted by Crippen LogP contribution is -2.30. The Kier molecular flexibility index (Phi) is 4.92. The maximum Gasteiger partial charge on any atom is 0.337 e. The van der Waals surface area contributed by atoms with Gasteiger partial charge in [-0.05, 0) is 39.0 Å². The summed E-state index contributed by atoms with van der Waals surface area (Å²) in [5.41, 5.74) is 1.39. The summed E-state index contributed by atoms with van der Waals surface area (Å²) in [5.74, 6) is -1.09. The van der Waals surface area contributed by atoms with E-state index in [2.05, 4.69) is 26.2 Å². The smallest absolute Gasteiger partial charge is 0.337 e. The van der Waals surface area contributed by atoms with Crippen molar-refractivity contribution in [2.24, 2.45) is 0 Å². The van der Waals surface area contributed by atoms with Crippen LogP contribution in [0.2, 0.25) is 0 Å². The molecule has 2 heterocycles. The monoisotopic (exact) mass is 369 g/mol. The minimum absolute atomic E-state index is 0.0252. The fourth-order valence-corrected chi connectivity index (χ4v) is 2.82. The van der Waals surface area contributed by atoms with Crippen molar-refractivity contribution < 1.29 is 14.7 Å². The second kappa shape index (κ2) is 6.68. The van der Waals surface area contributed by atoms with E-state index in [-0.39, 0.29) is 11.6 Å². The molecule has 2 aromatic heterocycles. The fourth-order valence-electron chi connectivity index (χ4n) is 1.62. The first-order valence-corrected chi connectivity index (χ1v) is 7.56. The Labute approximate surface area is 133 Å². The number of anilines is 1. The van der Waals surface area contributed by atoms with Gasteiger partial charge in [0.05, 0.1) is 21.2 Å². The van der Waals surface area contributed by atoms with Gasteiger partial charge >= 0.3 is 12.0 Å². The second-order valence-corrected chi connectivity index (χ2v) is 6.60. The highest BCUT2D eigenvalue weighted by Gasteiger charge is 2.12. The van der Waals surface area contributed by atoms with E-state index in [4.69, 9.17) is 5.11 Å². The summed E-state index contributed by atoms with van der Waals surface area (Å²) < 4.78 is 1.00. The van der Waals surface area contributed by atoms with Gasteiger partial charge in [0.25, 0.3) is 0 Å². The summed E-state index contributed by atoms with van der Waals surface area (Å²) in [7, 11) is 1.66. The standard InChI is InChI=1S/C13H12BrN3O3S/c1-17(6-8-2-11(14)21-7-8)13(20)16-10-3-9(12(18)19)4-15-5-10/h2-5,7H,6H2,1H3,(H,16,20)(H,18,19). The summed E-state index contributed by atoms with van der Waals surface area (Å²) in [5, 5.41) is 13.5. The maximum atomic E-state index is 12.0. The van der Waals surface area contributed by atoms with Gasteiger partial charge in [0.1, 0.15) is 0 Å². The molecule has 0 aliphatic carbocycles. The van der Waals surface area contributed by atoms with E-state index >= 15 is 0 Å². The largest absolute Gasteiger partial charge is 0.478 e. The number of carboxylic acid groups (broad SMARTS) is 1. The third-order valence-electron chi connectivity index (χ3n) is 2.62. The van der Waals surface area contributed by atoms with Crippen molar-refractivity contribution in [3.63, 3.8) is 0 Å². The van der Waals surface area contributed by atoms with Crippen LogP contribution in [0.25, 0.3) is 0 Å². The topological polar surface area (TPSA) is 82.5 Å². The van der Waals surface area contributed by atoms with Gasteiger partial charge in [0.15, 0.2) is 0 Å². The molecule has 0 spiro atoms. The molecule has 0 bridgehead atoms. The number of carbonyl (C=O) groups is 2. The zero-order chi connectivity index (χ0) is 15.4. The van der Waals surface area contributed by atoms with Gasteiger partial charge < -0.3 is 15.3 Å². The molecule has 2 N–H and O–H groups in total. The third kappa shape index (κ3) is 4.27. The molecule has 0 saturated heterocycles. The van der Waals surface area contributed by atoms with E-state index in [0.717, 1.165) is 9.35 Å². The average Bonchev–Trinajstić information content (AvgIpc) is 2.84. The first-order valence-electron chi connectivity index (χ1n) is 5.89. The predicted molar refractivity (Wildman–Crippen MR) is 83.7 cm³/mol. The highest BCUT2D eigenvalue weighted by Crippen LogP contribution is 2.21. The van der Waals surface area contributed by atoms with Crippen molar-refractivity contribution in [2.75, 3.05) is 12.4 Å². The van der Waals surface area contributed by atoms with E-state index in [0.29, 0.717) is 12.2 Å². The Hall–Kier alpha value is -1.93. The maximum absolute atomic E-state index is 12.0. The molecule has 8 heteroatoms. The molecule has 0 aromatic carbocycles. The summed E-state index contributed by atoms with van der Waals surface area (Å²) in [4.78, 5) is 28.2. The number of rotatable bonds is 4. The first kappa shape index (κ1) is 15.5. The lowest BCUT2D eigenvalue weighted by atomic mass is 10.2. The first-order chi connectivity index (χ1) is 9.95. The number of pyridine rings is 1. The van der Waals surface area contributed by atoms with Gasteiger partial charge in [-0.3, -0.25) is 4.98 Å². The van der Waals surface area contributed by atoms with Crippen LogP contribution in [0.5, 0.6) is 0 Å². The lowest BCUT2D eigenvalue weighted by molar-refractivity contribution is 0.0696. The number of halogens is 1. The van der Waals surface area contributed by atoms with Crippen molar-refractivity contribution in [2.45, 2.75) is 6.54 Å². The van der Waals surface area contributed by atoms with E-state index in [9.17, 15) is 9.59 Å². The Bertz CT molecular complexity index is 674. The molecule has 0 saturated carbocycles. The van der Waals surface area contributed by atoms with Crippen molar-refractivity contribution in [1.82, 2.24) is 9.88 Å². The zero-order valence-corrected chi connectivity index (χ0v) is 13.4. The molecule has 0 atom stereocenters. The molecule has 2 rings (SSSR count). The van der Waals surface area contributed by atoms with E-state index < -0.39 is 5.97 Å². The van der Waals surface area contributed by atoms with E-state index in [1.54, 1.807) is 18.4 Å². The Morgan fingerprint density at radius 2 is 2.19 bits per heavy atom. The summed E-state index contributed by atoms with van der Waals surface area (Å²) >= 11 is 4.92. The molecule has 0 aliphatic heterocycles. The van der Waals surface area contributed by atoms with E-state index in [1.807, 2.05) is 11.4 Å². The summed E-state index contributed by atoms with van der Waals surface area (Å²) in [6.07, 6.45) is 2.63. The number of hydrogen-bond acceptors (Lipinski definition) is 4. The minimum atomic E-state index is -1.09. The number of thiophene rings is 1.